The maximum atomic E-state index is 11.9. The van der Waals surface area contributed by atoms with Crippen LogP contribution in [0.2, 0.25) is 0 Å². The minimum absolute atomic E-state index is 0.0865. The number of carbonyl (C=O) groups excluding carboxylic acids is 2. The molecule has 0 saturated carbocycles. The van der Waals surface area contributed by atoms with Gasteiger partial charge in [-0.15, -0.1) is 0 Å². The Morgan fingerprint density at radius 2 is 1.96 bits per heavy atom. The number of nitrogens with zero attached hydrogens (tertiary/aromatic N) is 3. The van der Waals surface area contributed by atoms with Gasteiger partial charge in [0.2, 0.25) is 5.91 Å². The van der Waals surface area contributed by atoms with Gasteiger partial charge in [0.15, 0.2) is 0 Å². The van der Waals surface area contributed by atoms with Crippen molar-refractivity contribution in [3.8, 4) is 0 Å². The highest BCUT2D eigenvalue weighted by Gasteiger charge is 2.15. The second kappa shape index (κ2) is 8.48. The van der Waals surface area contributed by atoms with Gasteiger partial charge in [0, 0.05) is 38.9 Å². The molecule has 2 aromatic heterocycles. The van der Waals surface area contributed by atoms with Crippen LogP contribution in [0.25, 0.3) is 0 Å². The predicted octanol–water partition coefficient (Wildman–Crippen LogP) is 0.473. The lowest BCUT2D eigenvalue weighted by atomic mass is 10.2. The van der Waals surface area contributed by atoms with Crippen LogP contribution in [0.5, 0.6) is 0 Å². The van der Waals surface area contributed by atoms with Crippen LogP contribution in [-0.2, 0) is 11.3 Å². The highest BCUT2D eigenvalue weighted by molar-refractivity contribution is 5.96. The Balaban J connectivity index is 1.41. The number of hydrogen-bond acceptors (Lipinski definition) is 6. The molecule has 0 atom stereocenters. The molecular formula is C18H23N5O3. The van der Waals surface area contributed by atoms with Crippen molar-refractivity contribution in [1.82, 2.24) is 20.5 Å². The molecule has 0 aromatic carbocycles. The number of piperazine rings is 1. The van der Waals surface area contributed by atoms with Gasteiger partial charge in [-0.25, -0.2) is 4.98 Å². The summed E-state index contributed by atoms with van der Waals surface area (Å²) in [5.74, 6) is 0.359. The normalized spacial score (nSPS) is 14.9. The van der Waals surface area contributed by atoms with E-state index in [1.54, 1.807) is 12.3 Å². The minimum atomic E-state index is -0.341. The maximum absolute atomic E-state index is 11.9. The Hall–Kier alpha value is -2.87. The minimum Gasteiger partial charge on any atom is -0.472 e. The third-order valence-corrected chi connectivity index (χ3v) is 4.32. The molecule has 0 bridgehead atoms. The summed E-state index contributed by atoms with van der Waals surface area (Å²) >= 11 is 0. The zero-order chi connectivity index (χ0) is 18.4. The average Bonchev–Trinajstić information content (AvgIpc) is 3.20. The lowest BCUT2D eigenvalue weighted by Gasteiger charge is -2.33. The van der Waals surface area contributed by atoms with Crippen LogP contribution in [0.1, 0.15) is 15.9 Å². The smallest absolute Gasteiger partial charge is 0.254 e. The fraction of sp³-hybridized carbons (Fsp3) is 0.389. The van der Waals surface area contributed by atoms with E-state index in [0.717, 1.165) is 37.6 Å². The fourth-order valence-electron chi connectivity index (χ4n) is 2.66. The molecule has 3 heterocycles. The van der Waals surface area contributed by atoms with Crippen molar-refractivity contribution in [3.05, 3.63) is 48.0 Å². The first-order chi connectivity index (χ1) is 12.6. The third kappa shape index (κ3) is 4.82. The van der Waals surface area contributed by atoms with Crippen LogP contribution >= 0.6 is 0 Å². The van der Waals surface area contributed by atoms with E-state index in [9.17, 15) is 9.59 Å². The Morgan fingerprint density at radius 3 is 2.62 bits per heavy atom. The molecule has 1 aliphatic rings. The van der Waals surface area contributed by atoms with Crippen LogP contribution < -0.4 is 15.5 Å². The maximum Gasteiger partial charge on any atom is 0.254 e. The molecule has 1 saturated heterocycles. The highest BCUT2D eigenvalue weighted by atomic mass is 16.3. The molecule has 26 heavy (non-hydrogen) atoms. The number of furan rings is 1. The van der Waals surface area contributed by atoms with Crippen molar-refractivity contribution in [1.29, 1.82) is 0 Å². The number of hydrogen-bond donors (Lipinski definition) is 2. The first-order valence-corrected chi connectivity index (χ1v) is 8.57. The topological polar surface area (TPSA) is 90.7 Å². The molecular weight excluding hydrogens is 334 g/mol. The van der Waals surface area contributed by atoms with Gasteiger partial charge in [-0.05, 0) is 24.7 Å². The third-order valence-electron chi connectivity index (χ3n) is 4.32. The van der Waals surface area contributed by atoms with Crippen molar-refractivity contribution in [2.75, 3.05) is 44.7 Å². The van der Waals surface area contributed by atoms with Crippen molar-refractivity contribution in [3.63, 3.8) is 0 Å². The van der Waals surface area contributed by atoms with E-state index >= 15 is 0 Å². The first kappa shape index (κ1) is 17.9. The molecule has 3 rings (SSSR count). The van der Waals surface area contributed by atoms with Crippen molar-refractivity contribution < 1.29 is 14.0 Å². The van der Waals surface area contributed by atoms with Crippen molar-refractivity contribution in [2.24, 2.45) is 0 Å². The Kier molecular flexibility index (Phi) is 5.85. The second-order valence-corrected chi connectivity index (χ2v) is 6.29. The number of amides is 2. The number of aromatic nitrogens is 1. The van der Waals surface area contributed by atoms with E-state index < -0.39 is 0 Å². The van der Waals surface area contributed by atoms with E-state index in [1.807, 2.05) is 12.1 Å². The highest BCUT2D eigenvalue weighted by Crippen LogP contribution is 2.13. The quantitative estimate of drug-likeness (QED) is 0.781. The SMILES string of the molecule is CN1CCN(c2ccc(CNC(=O)CNC(=O)c3ccoc3)cn2)CC1. The van der Waals surface area contributed by atoms with Crippen molar-refractivity contribution >= 4 is 17.6 Å². The number of nitrogens with one attached hydrogen (secondary N) is 2. The zero-order valence-electron chi connectivity index (χ0n) is 14.8. The van der Waals surface area contributed by atoms with Crippen LogP contribution in [0, 0.1) is 0 Å². The zero-order valence-corrected chi connectivity index (χ0v) is 14.8. The molecule has 2 N–H and O–H groups in total. The predicted molar refractivity (Wildman–Crippen MR) is 96.8 cm³/mol. The van der Waals surface area contributed by atoms with Crippen LogP contribution in [0.15, 0.2) is 41.3 Å². The Morgan fingerprint density at radius 1 is 1.15 bits per heavy atom. The number of pyridine rings is 1. The van der Waals surface area contributed by atoms with E-state index in [1.165, 1.54) is 12.5 Å². The van der Waals surface area contributed by atoms with Gasteiger partial charge in [-0.2, -0.15) is 0 Å². The molecule has 8 heteroatoms. The van der Waals surface area contributed by atoms with Gasteiger partial charge in [-0.3, -0.25) is 9.59 Å². The average molecular weight is 357 g/mol. The van der Waals surface area contributed by atoms with Crippen molar-refractivity contribution in [2.45, 2.75) is 6.54 Å². The van der Waals surface area contributed by atoms with E-state index in [-0.39, 0.29) is 18.4 Å². The molecule has 0 spiro atoms. The summed E-state index contributed by atoms with van der Waals surface area (Å²) in [6.45, 7) is 4.28. The summed E-state index contributed by atoms with van der Waals surface area (Å²) in [4.78, 5) is 32.6. The number of rotatable bonds is 6. The van der Waals surface area contributed by atoms with Gasteiger partial charge in [0.1, 0.15) is 12.1 Å². The van der Waals surface area contributed by atoms with Gasteiger partial charge < -0.3 is 24.9 Å². The van der Waals surface area contributed by atoms with Gasteiger partial charge in [0.25, 0.3) is 5.91 Å². The summed E-state index contributed by atoms with van der Waals surface area (Å²) in [5, 5.41) is 5.31. The molecule has 0 radical (unpaired) electrons. The lowest BCUT2D eigenvalue weighted by molar-refractivity contribution is -0.120. The van der Waals surface area contributed by atoms with Crippen LogP contribution in [0.3, 0.4) is 0 Å². The summed E-state index contributed by atoms with van der Waals surface area (Å²) in [6, 6.07) is 5.49. The van der Waals surface area contributed by atoms with Gasteiger partial charge in [-0.1, -0.05) is 6.07 Å². The summed E-state index contributed by atoms with van der Waals surface area (Å²) in [6.07, 6.45) is 4.52. The summed E-state index contributed by atoms with van der Waals surface area (Å²) in [7, 11) is 2.12. The van der Waals surface area contributed by atoms with Crippen LogP contribution in [0.4, 0.5) is 5.82 Å². The van der Waals surface area contributed by atoms with E-state index in [4.69, 9.17) is 4.42 Å². The summed E-state index contributed by atoms with van der Waals surface area (Å²) in [5.41, 5.74) is 1.30. The lowest BCUT2D eigenvalue weighted by Crippen LogP contribution is -2.44. The Bertz CT molecular complexity index is 722. The number of anilines is 1. The molecule has 1 fully saturated rings. The standard InChI is InChI=1S/C18H23N5O3/c1-22-5-7-23(8-6-22)16-3-2-14(10-19-16)11-20-17(24)12-21-18(25)15-4-9-26-13-15/h2-4,9-10,13H,5-8,11-12H2,1H3,(H,20,24)(H,21,25). The largest absolute Gasteiger partial charge is 0.472 e. The number of likely N-dealkylation sites (N-methyl/N-ethyl adjacent to an activating group) is 1. The van der Waals surface area contributed by atoms with E-state index in [0.29, 0.717) is 12.1 Å². The second-order valence-electron chi connectivity index (χ2n) is 6.29. The molecule has 2 aromatic rings. The molecule has 8 nitrogen and oxygen atoms in total. The molecule has 0 aliphatic carbocycles. The summed E-state index contributed by atoms with van der Waals surface area (Å²) < 4.78 is 4.83. The van der Waals surface area contributed by atoms with Gasteiger partial charge >= 0.3 is 0 Å². The molecule has 2 amide bonds. The van der Waals surface area contributed by atoms with Crippen LogP contribution in [-0.4, -0.2) is 61.5 Å². The number of carbonyl (C=O) groups is 2. The molecule has 1 aliphatic heterocycles. The van der Waals surface area contributed by atoms with E-state index in [2.05, 4.69) is 32.5 Å². The molecule has 0 unspecified atom stereocenters. The fourth-order valence-corrected chi connectivity index (χ4v) is 2.66. The first-order valence-electron chi connectivity index (χ1n) is 8.57. The Labute approximate surface area is 152 Å². The monoisotopic (exact) mass is 357 g/mol. The molecule has 138 valence electrons. The van der Waals surface area contributed by atoms with Gasteiger partial charge in [0.05, 0.1) is 18.4 Å².